The number of hydrogen-bond acceptors (Lipinski definition) is 5. The molecule has 28 heavy (non-hydrogen) atoms. The third-order valence-electron chi connectivity index (χ3n) is 8.99. The third kappa shape index (κ3) is 2.72. The van der Waals surface area contributed by atoms with E-state index in [-0.39, 0.29) is 29.0 Å². The van der Waals surface area contributed by atoms with Gasteiger partial charge in [0.15, 0.2) is 0 Å². The lowest BCUT2D eigenvalue weighted by molar-refractivity contribution is -0.213. The minimum Gasteiger partial charge on any atom is -0.460 e. The van der Waals surface area contributed by atoms with Crippen molar-refractivity contribution < 1.29 is 24.5 Å². The zero-order valence-corrected chi connectivity index (χ0v) is 17.7. The summed E-state index contributed by atoms with van der Waals surface area (Å²) in [6.45, 7) is 11.6. The second kappa shape index (κ2) is 7.24. The van der Waals surface area contributed by atoms with Crippen LogP contribution in [0, 0.1) is 34.0 Å². The maximum absolute atomic E-state index is 13.3. The molecule has 0 saturated heterocycles. The van der Waals surface area contributed by atoms with Crippen molar-refractivity contribution in [3.63, 3.8) is 0 Å². The Balaban J connectivity index is 2.25. The van der Waals surface area contributed by atoms with E-state index in [1.165, 1.54) is 0 Å². The van der Waals surface area contributed by atoms with E-state index >= 15 is 0 Å². The molecule has 3 aliphatic rings. The van der Waals surface area contributed by atoms with Crippen molar-refractivity contribution in [2.75, 3.05) is 6.61 Å². The Kier molecular flexibility index (Phi) is 5.56. The first-order chi connectivity index (χ1) is 13.1. The molecule has 3 fully saturated rings. The van der Waals surface area contributed by atoms with Gasteiger partial charge in [-0.15, -0.1) is 6.58 Å². The number of ether oxygens (including phenoxy) is 1. The highest BCUT2D eigenvalue weighted by Gasteiger charge is 2.69. The molecule has 0 heterocycles. The van der Waals surface area contributed by atoms with Gasteiger partial charge in [-0.1, -0.05) is 33.8 Å². The zero-order chi connectivity index (χ0) is 20.9. The predicted molar refractivity (Wildman–Crippen MR) is 106 cm³/mol. The molecule has 5 nitrogen and oxygen atoms in total. The van der Waals surface area contributed by atoms with Crippen molar-refractivity contribution >= 4 is 11.8 Å². The molecule has 0 spiro atoms. The maximum atomic E-state index is 13.3. The Morgan fingerprint density at radius 3 is 2.61 bits per heavy atom. The van der Waals surface area contributed by atoms with E-state index in [0.717, 1.165) is 25.7 Å². The van der Waals surface area contributed by atoms with Gasteiger partial charge in [-0.2, -0.15) is 0 Å². The topological polar surface area (TPSA) is 83.8 Å². The molecule has 3 rings (SSSR count). The number of aliphatic hydroxyl groups excluding tert-OH is 2. The molecule has 8 atom stereocenters. The average molecular weight is 393 g/mol. The summed E-state index contributed by atoms with van der Waals surface area (Å²) in [5.41, 5.74) is -1.39. The van der Waals surface area contributed by atoms with Crippen LogP contribution in [0.3, 0.4) is 0 Å². The lowest BCUT2D eigenvalue weighted by Crippen LogP contribution is -2.64. The number of carbonyl (C=O) groups excluding carboxylic acids is 2. The number of esters is 1. The zero-order valence-electron chi connectivity index (χ0n) is 17.7. The molecule has 0 unspecified atom stereocenters. The lowest BCUT2D eigenvalue weighted by Gasteiger charge is -2.62. The largest absolute Gasteiger partial charge is 0.460 e. The summed E-state index contributed by atoms with van der Waals surface area (Å²) < 4.78 is 5.86. The first kappa shape index (κ1) is 21.5. The van der Waals surface area contributed by atoms with Crippen LogP contribution in [0.25, 0.3) is 0 Å². The fourth-order valence-corrected chi connectivity index (χ4v) is 7.26. The van der Waals surface area contributed by atoms with Gasteiger partial charge in [-0.25, -0.2) is 4.79 Å². The SMILES string of the molecule is C=C[C@]1(C)C[C@@H](OC(=O)CO)[C@]2(CC)[C@H](C)CC[C@]3(CCC(=O)[C@H]32)[C@@H](C)[C@@H]1O. The van der Waals surface area contributed by atoms with Gasteiger partial charge in [-0.05, 0) is 49.4 Å². The maximum Gasteiger partial charge on any atom is 0.332 e. The molecule has 2 N–H and O–H groups in total. The van der Waals surface area contributed by atoms with E-state index < -0.39 is 35.6 Å². The van der Waals surface area contributed by atoms with Crippen LogP contribution in [0.4, 0.5) is 0 Å². The number of ketones is 1. The molecule has 0 aliphatic heterocycles. The Morgan fingerprint density at radius 2 is 2.04 bits per heavy atom. The average Bonchev–Trinajstić information content (AvgIpc) is 3.04. The fourth-order valence-electron chi connectivity index (χ4n) is 7.26. The standard InChI is InChI=1S/C23H36O5/c1-6-21(5)12-17(28-18(26)13-24)23(7-2)14(3)8-10-22(15(4)20(21)27)11-9-16(25)19(22)23/h6,14-15,17,19-20,24,27H,1,7-13H2,2-5H3/t14-,15+,17-,19-,20+,21-,22+,23+/m1/s1. The van der Waals surface area contributed by atoms with Gasteiger partial charge in [0.2, 0.25) is 0 Å². The summed E-state index contributed by atoms with van der Waals surface area (Å²) >= 11 is 0. The van der Waals surface area contributed by atoms with Gasteiger partial charge in [0.05, 0.1) is 6.10 Å². The monoisotopic (exact) mass is 392 g/mol. The first-order valence-corrected chi connectivity index (χ1v) is 10.8. The molecular formula is C23H36O5. The number of rotatable bonds is 4. The van der Waals surface area contributed by atoms with Crippen molar-refractivity contribution in [1.29, 1.82) is 0 Å². The van der Waals surface area contributed by atoms with E-state index in [1.807, 2.05) is 6.92 Å². The number of aliphatic hydroxyl groups is 2. The molecule has 0 aromatic carbocycles. The summed E-state index contributed by atoms with van der Waals surface area (Å²) in [6, 6.07) is 0. The van der Waals surface area contributed by atoms with Crippen molar-refractivity contribution in [3.8, 4) is 0 Å². The molecule has 3 saturated carbocycles. The van der Waals surface area contributed by atoms with Crippen LogP contribution in [0.2, 0.25) is 0 Å². The number of hydrogen-bond donors (Lipinski definition) is 2. The van der Waals surface area contributed by atoms with Crippen LogP contribution in [0.5, 0.6) is 0 Å². The van der Waals surface area contributed by atoms with Gasteiger partial charge >= 0.3 is 5.97 Å². The van der Waals surface area contributed by atoms with Crippen LogP contribution >= 0.6 is 0 Å². The first-order valence-electron chi connectivity index (χ1n) is 10.8. The van der Waals surface area contributed by atoms with Gasteiger partial charge in [0, 0.05) is 23.2 Å². The summed E-state index contributed by atoms with van der Waals surface area (Å²) in [6.07, 6.45) is 4.90. The Morgan fingerprint density at radius 1 is 1.36 bits per heavy atom. The van der Waals surface area contributed by atoms with Crippen LogP contribution in [-0.2, 0) is 14.3 Å². The predicted octanol–water partition coefficient (Wildman–Crippen LogP) is 3.28. The summed E-state index contributed by atoms with van der Waals surface area (Å²) in [4.78, 5) is 25.5. The normalized spacial score (nSPS) is 48.4. The highest BCUT2D eigenvalue weighted by molar-refractivity contribution is 5.85. The van der Waals surface area contributed by atoms with E-state index in [4.69, 9.17) is 4.74 Å². The quantitative estimate of drug-likeness (QED) is 0.567. The minimum absolute atomic E-state index is 0.0418. The fraction of sp³-hybridized carbons (Fsp3) is 0.826. The molecule has 5 heteroatoms. The number of carbonyl (C=O) groups is 2. The highest BCUT2D eigenvalue weighted by Crippen LogP contribution is 2.69. The molecule has 0 aromatic rings. The van der Waals surface area contributed by atoms with Crippen molar-refractivity contribution in [2.45, 2.75) is 78.4 Å². The lowest BCUT2D eigenvalue weighted by atomic mass is 9.42. The molecule has 158 valence electrons. The third-order valence-corrected chi connectivity index (χ3v) is 8.99. The van der Waals surface area contributed by atoms with Gasteiger partial charge in [-0.3, -0.25) is 4.79 Å². The summed E-state index contributed by atoms with van der Waals surface area (Å²) in [7, 11) is 0. The van der Waals surface area contributed by atoms with Gasteiger partial charge in [0.1, 0.15) is 18.5 Å². The Labute approximate surface area is 168 Å². The van der Waals surface area contributed by atoms with Crippen LogP contribution in [-0.4, -0.2) is 40.8 Å². The van der Waals surface area contributed by atoms with E-state index in [2.05, 4.69) is 27.4 Å². The molecule has 3 aliphatic carbocycles. The van der Waals surface area contributed by atoms with Gasteiger partial charge < -0.3 is 14.9 Å². The van der Waals surface area contributed by atoms with Crippen LogP contribution in [0.1, 0.15) is 66.2 Å². The van der Waals surface area contributed by atoms with Gasteiger partial charge in [0.25, 0.3) is 0 Å². The highest BCUT2D eigenvalue weighted by atomic mass is 16.6. The molecule has 0 aromatic heterocycles. The van der Waals surface area contributed by atoms with E-state index in [1.54, 1.807) is 6.08 Å². The van der Waals surface area contributed by atoms with E-state index in [0.29, 0.717) is 12.8 Å². The Hall–Kier alpha value is -1.20. The smallest absolute Gasteiger partial charge is 0.332 e. The van der Waals surface area contributed by atoms with Crippen molar-refractivity contribution in [2.24, 2.45) is 34.0 Å². The Bertz CT molecular complexity index is 659. The van der Waals surface area contributed by atoms with Crippen LogP contribution < -0.4 is 0 Å². The minimum atomic E-state index is -0.682. The van der Waals surface area contributed by atoms with Crippen LogP contribution in [0.15, 0.2) is 12.7 Å². The summed E-state index contributed by atoms with van der Waals surface area (Å²) in [5, 5.41) is 20.7. The van der Waals surface area contributed by atoms with Crippen molar-refractivity contribution in [1.82, 2.24) is 0 Å². The molecular weight excluding hydrogens is 356 g/mol. The molecule has 2 bridgehead atoms. The number of Topliss-reactive ketones (excluding diaryl/α,β-unsaturated/α-hetero) is 1. The second-order valence-electron chi connectivity index (χ2n) is 9.82. The summed E-state index contributed by atoms with van der Waals surface area (Å²) in [5.74, 6) is -0.462. The van der Waals surface area contributed by atoms with Crippen molar-refractivity contribution in [3.05, 3.63) is 12.7 Å². The second-order valence-corrected chi connectivity index (χ2v) is 9.82. The molecule has 0 amide bonds. The molecule has 0 radical (unpaired) electrons. The van der Waals surface area contributed by atoms with E-state index in [9.17, 15) is 19.8 Å².